The van der Waals surface area contributed by atoms with Crippen LogP contribution in [-0.4, -0.2) is 9.97 Å². The Hall–Kier alpha value is -6.90. The molecule has 1 aromatic heterocycles. The lowest BCUT2D eigenvalue weighted by molar-refractivity contribution is 0.353. The summed E-state index contributed by atoms with van der Waals surface area (Å²) in [7, 11) is 0. The second kappa shape index (κ2) is 14.9. The van der Waals surface area contributed by atoms with E-state index in [4.69, 9.17) is 9.97 Å². The topological polar surface area (TPSA) is 25.8 Å². The van der Waals surface area contributed by atoms with Gasteiger partial charge in [-0.25, -0.2) is 9.97 Å². The smallest absolute Gasteiger partial charge is 0.0973 e. The lowest BCUT2D eigenvalue weighted by atomic mass is 9.67. The number of aromatic nitrogens is 2. The summed E-state index contributed by atoms with van der Waals surface area (Å²) in [5, 5.41) is 0. The molecule has 1 spiro atoms. The van der Waals surface area contributed by atoms with E-state index < -0.39 is 0 Å². The maximum Gasteiger partial charge on any atom is 0.0973 e. The molecule has 2 nitrogen and oxygen atoms in total. The first-order valence-electron chi connectivity index (χ1n) is 23.0. The van der Waals surface area contributed by atoms with Crippen LogP contribution in [0.25, 0.3) is 72.7 Å². The zero-order chi connectivity index (χ0) is 42.1. The number of fused-ring (bicyclic) bond motifs is 8. The fourth-order valence-electron chi connectivity index (χ4n) is 11.7. The molecule has 0 amide bonds. The van der Waals surface area contributed by atoms with Gasteiger partial charge in [0.1, 0.15) is 0 Å². The summed E-state index contributed by atoms with van der Waals surface area (Å²) in [5.41, 5.74) is 23.7. The predicted octanol–water partition coefficient (Wildman–Crippen LogP) is 15.8. The average molecular weight is 811 g/mol. The third-order valence-electron chi connectivity index (χ3n) is 14.8. The minimum Gasteiger partial charge on any atom is -0.244 e. The number of hydrogen-bond donors (Lipinski definition) is 0. The summed E-state index contributed by atoms with van der Waals surface area (Å²) in [6, 6.07) is 62.5. The predicted molar refractivity (Wildman–Crippen MR) is 262 cm³/mol. The molecule has 1 unspecified atom stereocenters. The normalized spacial score (nSPS) is 17.4. The Balaban J connectivity index is 0.947. The Bertz CT molecular complexity index is 3130. The Labute approximate surface area is 371 Å². The minimum atomic E-state index is -0.109. The van der Waals surface area contributed by atoms with Gasteiger partial charge in [-0.15, -0.1) is 0 Å². The quantitative estimate of drug-likeness (QED) is 0.167. The van der Waals surface area contributed by atoms with Crippen LogP contribution in [-0.2, 0) is 10.8 Å². The maximum absolute atomic E-state index is 5.59. The van der Waals surface area contributed by atoms with E-state index in [0.29, 0.717) is 0 Å². The summed E-state index contributed by atoms with van der Waals surface area (Å²) < 4.78 is 0. The van der Waals surface area contributed by atoms with Crippen molar-refractivity contribution in [3.8, 4) is 67.2 Å². The van der Waals surface area contributed by atoms with Gasteiger partial charge in [0.25, 0.3) is 0 Å². The molecule has 63 heavy (non-hydrogen) atoms. The first-order chi connectivity index (χ1) is 31.0. The van der Waals surface area contributed by atoms with Crippen molar-refractivity contribution in [2.45, 2.75) is 69.1 Å². The molecule has 0 saturated heterocycles. The van der Waals surface area contributed by atoms with Crippen LogP contribution in [0.4, 0.5) is 0 Å². The molecule has 4 aliphatic rings. The van der Waals surface area contributed by atoms with Gasteiger partial charge >= 0.3 is 0 Å². The Morgan fingerprint density at radius 3 is 1.70 bits per heavy atom. The van der Waals surface area contributed by atoms with Crippen molar-refractivity contribution in [1.82, 2.24) is 9.97 Å². The number of allylic oxidation sites excluding steroid dienone is 4. The average Bonchev–Trinajstić information content (AvgIpc) is 3.74. The van der Waals surface area contributed by atoms with Crippen molar-refractivity contribution in [1.29, 1.82) is 0 Å². The van der Waals surface area contributed by atoms with Crippen LogP contribution in [0.1, 0.15) is 91.8 Å². The standard InChI is InChI=1S/C61H50N2/c1-60(2)52-33-19-31-47(55(52)50-39-54-49(38-53(50)60)48-30-13-14-32-51(48)61(54)34-15-6-16-35-61)45-28-17-26-43(36-45)44-27-18-29-46(37-44)59-58(42-24-11-5-12-25-42)62-56(40-20-7-3-8-21-40)57(63-59)41-22-9-4-10-23-41/h3-5,7-14,17-33,36,38-39,44H,6,15-16,34-35,37H2,1-2H3. The van der Waals surface area contributed by atoms with E-state index in [1.807, 2.05) is 0 Å². The highest BCUT2D eigenvalue weighted by atomic mass is 14.9. The molecule has 4 aliphatic carbocycles. The number of nitrogens with zero attached hydrogens (tertiary/aromatic N) is 2. The van der Waals surface area contributed by atoms with Crippen LogP contribution in [0.2, 0.25) is 0 Å². The number of rotatable bonds is 6. The third-order valence-corrected chi connectivity index (χ3v) is 14.8. The van der Waals surface area contributed by atoms with Gasteiger partial charge in [0, 0.05) is 33.4 Å². The molecule has 7 aromatic carbocycles. The van der Waals surface area contributed by atoms with Gasteiger partial charge in [-0.2, -0.15) is 0 Å². The van der Waals surface area contributed by atoms with Crippen LogP contribution in [0.5, 0.6) is 0 Å². The molecule has 1 saturated carbocycles. The largest absolute Gasteiger partial charge is 0.244 e. The van der Waals surface area contributed by atoms with Gasteiger partial charge in [-0.1, -0.05) is 209 Å². The second-order valence-corrected chi connectivity index (χ2v) is 18.7. The van der Waals surface area contributed by atoms with E-state index in [-0.39, 0.29) is 16.7 Å². The molecule has 8 aromatic rings. The monoisotopic (exact) mass is 810 g/mol. The first kappa shape index (κ1) is 37.8. The number of hydrogen-bond acceptors (Lipinski definition) is 2. The van der Waals surface area contributed by atoms with Crippen LogP contribution in [0.3, 0.4) is 0 Å². The van der Waals surface area contributed by atoms with E-state index in [1.54, 1.807) is 11.1 Å². The van der Waals surface area contributed by atoms with E-state index >= 15 is 0 Å². The zero-order valence-corrected chi connectivity index (χ0v) is 36.1. The highest BCUT2D eigenvalue weighted by Crippen LogP contribution is 2.60. The molecule has 0 aliphatic heterocycles. The van der Waals surface area contributed by atoms with Gasteiger partial charge in [0.05, 0.1) is 22.8 Å². The van der Waals surface area contributed by atoms with Gasteiger partial charge < -0.3 is 0 Å². The molecule has 12 rings (SSSR count). The highest BCUT2D eigenvalue weighted by Gasteiger charge is 2.46. The van der Waals surface area contributed by atoms with Crippen LogP contribution in [0, 0.1) is 0 Å². The van der Waals surface area contributed by atoms with Crippen LogP contribution < -0.4 is 0 Å². The molecule has 1 atom stereocenters. The highest BCUT2D eigenvalue weighted by molar-refractivity contribution is 5.96. The molecule has 2 heteroatoms. The van der Waals surface area contributed by atoms with Crippen molar-refractivity contribution >= 4 is 5.57 Å². The Morgan fingerprint density at radius 1 is 0.444 bits per heavy atom. The lowest BCUT2D eigenvalue weighted by Gasteiger charge is -2.36. The van der Waals surface area contributed by atoms with Crippen LogP contribution in [0.15, 0.2) is 188 Å². The zero-order valence-electron chi connectivity index (χ0n) is 36.1. The van der Waals surface area contributed by atoms with Crippen LogP contribution >= 0.6 is 0 Å². The third kappa shape index (κ3) is 6.06. The maximum atomic E-state index is 5.59. The van der Waals surface area contributed by atoms with Gasteiger partial charge in [-0.05, 0) is 98.2 Å². The summed E-state index contributed by atoms with van der Waals surface area (Å²) in [5.74, 6) is 0.178. The minimum absolute atomic E-state index is 0.109. The molecular weight excluding hydrogens is 761 g/mol. The molecule has 1 heterocycles. The molecule has 0 radical (unpaired) electrons. The first-order valence-corrected chi connectivity index (χ1v) is 23.0. The van der Waals surface area contributed by atoms with Crippen molar-refractivity contribution < 1.29 is 0 Å². The van der Waals surface area contributed by atoms with Gasteiger partial charge in [0.2, 0.25) is 0 Å². The number of benzene rings is 7. The Kier molecular flexibility index (Phi) is 8.94. The summed E-state index contributed by atoms with van der Waals surface area (Å²) in [6.07, 6.45) is 14.1. The van der Waals surface area contributed by atoms with Crippen molar-refractivity contribution in [3.05, 3.63) is 222 Å². The second-order valence-electron chi connectivity index (χ2n) is 18.7. The molecule has 0 bridgehead atoms. The van der Waals surface area contributed by atoms with Crippen molar-refractivity contribution in [2.24, 2.45) is 0 Å². The van der Waals surface area contributed by atoms with Crippen molar-refractivity contribution in [2.75, 3.05) is 0 Å². The van der Waals surface area contributed by atoms with E-state index in [0.717, 1.165) is 45.9 Å². The summed E-state index contributed by atoms with van der Waals surface area (Å²) in [4.78, 5) is 11.1. The molecule has 0 N–H and O–H groups in total. The van der Waals surface area contributed by atoms with E-state index in [2.05, 4.69) is 202 Å². The lowest BCUT2D eigenvalue weighted by Crippen LogP contribution is -2.28. The molecular formula is C61H50N2. The van der Waals surface area contributed by atoms with Gasteiger partial charge in [0.15, 0.2) is 0 Å². The van der Waals surface area contributed by atoms with E-state index in [9.17, 15) is 0 Å². The van der Waals surface area contributed by atoms with E-state index in [1.165, 1.54) is 87.7 Å². The SMILES string of the molecule is CC1(C)c2cc3c(cc2-c2c(-c4cccc(C5C=CC=C(c6nc(-c7ccccc7)c(-c7ccccc7)nc6-c6ccccc6)C5)c4)cccc21)C1(CCCCC1)c1ccccc1-3. The summed E-state index contributed by atoms with van der Waals surface area (Å²) >= 11 is 0. The summed E-state index contributed by atoms with van der Waals surface area (Å²) in [6.45, 7) is 4.87. The fourth-order valence-corrected chi connectivity index (χ4v) is 11.7. The molecule has 1 fully saturated rings. The Morgan fingerprint density at radius 2 is 1.00 bits per heavy atom. The van der Waals surface area contributed by atoms with Crippen molar-refractivity contribution in [3.63, 3.8) is 0 Å². The fraction of sp³-hybridized carbons (Fsp3) is 0.180. The van der Waals surface area contributed by atoms with Gasteiger partial charge in [-0.3, -0.25) is 0 Å². The molecule has 304 valence electrons.